The van der Waals surface area contributed by atoms with Crippen LogP contribution in [-0.4, -0.2) is 23.1 Å². The molecule has 0 aliphatic heterocycles. The molecule has 0 amide bonds. The fourth-order valence-electron chi connectivity index (χ4n) is 5.26. The first-order valence-corrected chi connectivity index (χ1v) is 17.8. The van der Waals surface area contributed by atoms with Gasteiger partial charge >= 0.3 is 11.9 Å². The molecular weight excluding hydrogens is 508 g/mol. The molecule has 4 nitrogen and oxygen atoms in total. The van der Waals surface area contributed by atoms with Crippen molar-refractivity contribution < 1.29 is 19.4 Å². The zero-order chi connectivity index (χ0) is 30.1. The highest BCUT2D eigenvalue weighted by molar-refractivity contribution is 5.69. The van der Waals surface area contributed by atoms with Crippen molar-refractivity contribution in [3.05, 3.63) is 24.3 Å². The average Bonchev–Trinajstić information content (AvgIpc) is 2.96. The van der Waals surface area contributed by atoms with Crippen LogP contribution in [0.4, 0.5) is 0 Å². The van der Waals surface area contributed by atoms with E-state index in [1.54, 1.807) is 0 Å². The van der Waals surface area contributed by atoms with Crippen molar-refractivity contribution in [2.75, 3.05) is 0 Å². The molecule has 0 bridgehead atoms. The molecule has 1 N–H and O–H groups in total. The molecule has 0 fully saturated rings. The number of carboxylic acids is 1. The van der Waals surface area contributed by atoms with Crippen LogP contribution in [0.1, 0.15) is 194 Å². The van der Waals surface area contributed by atoms with E-state index in [-0.39, 0.29) is 12.1 Å². The maximum atomic E-state index is 12.3. The fourth-order valence-corrected chi connectivity index (χ4v) is 5.26. The molecule has 0 rings (SSSR count). The van der Waals surface area contributed by atoms with Gasteiger partial charge in [-0.05, 0) is 64.2 Å². The third-order valence-corrected chi connectivity index (χ3v) is 8.00. The minimum atomic E-state index is -0.681. The first kappa shape index (κ1) is 39.4. The first-order chi connectivity index (χ1) is 20.1. The summed E-state index contributed by atoms with van der Waals surface area (Å²) in [5, 5.41) is 8.65. The number of rotatable bonds is 32. The van der Waals surface area contributed by atoms with Gasteiger partial charge in [0.1, 0.15) is 6.10 Å². The van der Waals surface area contributed by atoms with Crippen LogP contribution in [0.3, 0.4) is 0 Å². The van der Waals surface area contributed by atoms with Gasteiger partial charge in [0.25, 0.3) is 0 Å². The second kappa shape index (κ2) is 32.9. The summed E-state index contributed by atoms with van der Waals surface area (Å²) in [7, 11) is 0. The van der Waals surface area contributed by atoms with Gasteiger partial charge < -0.3 is 9.84 Å². The Morgan fingerprint density at radius 2 is 1.00 bits per heavy atom. The van der Waals surface area contributed by atoms with Crippen LogP contribution in [0.2, 0.25) is 0 Å². The van der Waals surface area contributed by atoms with Crippen molar-refractivity contribution in [3.8, 4) is 0 Å². The molecular formula is C37H68O4. The number of carbonyl (C=O) groups excluding carboxylic acids is 1. The molecule has 0 aromatic carbocycles. The number of esters is 1. The number of carbonyl (C=O) groups is 2. The van der Waals surface area contributed by atoms with E-state index in [0.29, 0.717) is 12.8 Å². The van der Waals surface area contributed by atoms with E-state index < -0.39 is 5.97 Å². The molecule has 0 saturated carbocycles. The smallest absolute Gasteiger partial charge is 0.306 e. The lowest BCUT2D eigenvalue weighted by molar-refractivity contribution is -0.149. The Morgan fingerprint density at radius 1 is 0.561 bits per heavy atom. The monoisotopic (exact) mass is 577 g/mol. The second-order valence-corrected chi connectivity index (χ2v) is 12.0. The standard InChI is InChI=1S/C37H68O4/c1-3-5-6-7-8-9-10-11-12-13-14-15-16-17-18-22-25-28-31-34-37(40)41-35(4-2)32-29-26-23-20-19-21-24-27-30-33-36(38)39/h8-9,11-12,35H,3-7,10,13-34H2,1-2H3,(H,38,39)/b9-8-,12-11-. The van der Waals surface area contributed by atoms with Gasteiger partial charge in [-0.1, -0.05) is 141 Å². The summed E-state index contributed by atoms with van der Waals surface area (Å²) in [6.07, 6.45) is 41.3. The zero-order valence-corrected chi connectivity index (χ0v) is 27.4. The van der Waals surface area contributed by atoms with E-state index in [1.807, 2.05) is 0 Å². The number of hydrogen-bond donors (Lipinski definition) is 1. The SMILES string of the molecule is CCCCC/C=C\C/C=C\CCCCCCCCCCCC(=O)OC(CC)CCCCCCCCCCCC(=O)O. The minimum Gasteiger partial charge on any atom is -0.481 e. The molecule has 0 aliphatic carbocycles. The molecule has 0 radical (unpaired) electrons. The van der Waals surface area contributed by atoms with Crippen molar-refractivity contribution >= 4 is 11.9 Å². The summed E-state index contributed by atoms with van der Waals surface area (Å²) >= 11 is 0. The highest BCUT2D eigenvalue weighted by Gasteiger charge is 2.12. The Hall–Kier alpha value is -1.58. The molecule has 41 heavy (non-hydrogen) atoms. The summed E-state index contributed by atoms with van der Waals surface area (Å²) in [6, 6.07) is 0. The molecule has 1 unspecified atom stereocenters. The summed E-state index contributed by atoms with van der Waals surface area (Å²) in [5.74, 6) is -0.684. The molecule has 0 heterocycles. The van der Waals surface area contributed by atoms with Crippen molar-refractivity contribution in [2.24, 2.45) is 0 Å². The Bertz CT molecular complexity index is 624. The summed E-state index contributed by atoms with van der Waals surface area (Å²) in [4.78, 5) is 22.8. The number of ether oxygens (including phenoxy) is 1. The van der Waals surface area contributed by atoms with Crippen LogP contribution in [-0.2, 0) is 14.3 Å². The van der Waals surface area contributed by atoms with Crippen molar-refractivity contribution in [3.63, 3.8) is 0 Å². The molecule has 240 valence electrons. The average molecular weight is 577 g/mol. The van der Waals surface area contributed by atoms with Crippen LogP contribution in [0.5, 0.6) is 0 Å². The van der Waals surface area contributed by atoms with Crippen LogP contribution in [0, 0.1) is 0 Å². The van der Waals surface area contributed by atoms with Gasteiger partial charge in [-0.2, -0.15) is 0 Å². The summed E-state index contributed by atoms with van der Waals surface area (Å²) in [5.41, 5.74) is 0. The first-order valence-electron chi connectivity index (χ1n) is 17.8. The van der Waals surface area contributed by atoms with E-state index in [4.69, 9.17) is 9.84 Å². The molecule has 1 atom stereocenters. The Kier molecular flexibility index (Phi) is 31.7. The number of carboxylic acid groups (broad SMARTS) is 1. The normalized spacial score (nSPS) is 12.4. The summed E-state index contributed by atoms with van der Waals surface area (Å²) in [6.45, 7) is 4.37. The van der Waals surface area contributed by atoms with Crippen LogP contribution in [0.15, 0.2) is 24.3 Å². The lowest BCUT2D eigenvalue weighted by Gasteiger charge is -2.16. The Balaban J connectivity index is 3.45. The van der Waals surface area contributed by atoms with Crippen molar-refractivity contribution in [2.45, 2.75) is 200 Å². The van der Waals surface area contributed by atoms with E-state index in [0.717, 1.165) is 57.8 Å². The van der Waals surface area contributed by atoms with E-state index in [1.165, 1.54) is 109 Å². The lowest BCUT2D eigenvalue weighted by Crippen LogP contribution is -2.17. The summed E-state index contributed by atoms with van der Waals surface area (Å²) < 4.78 is 5.75. The second-order valence-electron chi connectivity index (χ2n) is 12.0. The van der Waals surface area contributed by atoms with Gasteiger partial charge in [0.2, 0.25) is 0 Å². The molecule has 0 aromatic heterocycles. The molecule has 0 aromatic rings. The van der Waals surface area contributed by atoms with Gasteiger partial charge in [0.05, 0.1) is 0 Å². The highest BCUT2D eigenvalue weighted by atomic mass is 16.5. The third kappa shape index (κ3) is 32.8. The van der Waals surface area contributed by atoms with E-state index >= 15 is 0 Å². The minimum absolute atomic E-state index is 0.00297. The molecule has 0 saturated heterocycles. The number of aliphatic carboxylic acids is 1. The number of allylic oxidation sites excluding steroid dienone is 4. The zero-order valence-electron chi connectivity index (χ0n) is 27.4. The number of unbranched alkanes of at least 4 members (excludes halogenated alkanes) is 20. The van der Waals surface area contributed by atoms with Gasteiger partial charge in [-0.25, -0.2) is 0 Å². The van der Waals surface area contributed by atoms with Crippen LogP contribution >= 0.6 is 0 Å². The van der Waals surface area contributed by atoms with Crippen molar-refractivity contribution in [1.29, 1.82) is 0 Å². The molecule has 0 aliphatic rings. The largest absolute Gasteiger partial charge is 0.481 e. The van der Waals surface area contributed by atoms with Crippen LogP contribution in [0.25, 0.3) is 0 Å². The maximum absolute atomic E-state index is 12.3. The Labute approximate surface area is 255 Å². The number of hydrogen-bond acceptors (Lipinski definition) is 3. The van der Waals surface area contributed by atoms with Gasteiger partial charge in [-0.15, -0.1) is 0 Å². The highest BCUT2D eigenvalue weighted by Crippen LogP contribution is 2.16. The molecule has 4 heteroatoms. The lowest BCUT2D eigenvalue weighted by atomic mass is 10.0. The van der Waals surface area contributed by atoms with Gasteiger partial charge in [0, 0.05) is 12.8 Å². The van der Waals surface area contributed by atoms with Crippen molar-refractivity contribution in [1.82, 2.24) is 0 Å². The molecule has 0 spiro atoms. The van der Waals surface area contributed by atoms with Crippen LogP contribution < -0.4 is 0 Å². The predicted molar refractivity (Wildman–Crippen MR) is 176 cm³/mol. The van der Waals surface area contributed by atoms with E-state index in [9.17, 15) is 9.59 Å². The maximum Gasteiger partial charge on any atom is 0.306 e. The Morgan fingerprint density at radius 3 is 1.49 bits per heavy atom. The van der Waals surface area contributed by atoms with E-state index in [2.05, 4.69) is 38.2 Å². The van der Waals surface area contributed by atoms with Gasteiger partial charge in [-0.3, -0.25) is 9.59 Å². The quantitative estimate of drug-likeness (QED) is 0.0491. The fraction of sp³-hybridized carbons (Fsp3) is 0.838. The predicted octanol–water partition coefficient (Wildman–Crippen LogP) is 12.1. The van der Waals surface area contributed by atoms with Gasteiger partial charge in [0.15, 0.2) is 0 Å². The topological polar surface area (TPSA) is 63.6 Å². The third-order valence-electron chi connectivity index (χ3n) is 8.00.